The highest BCUT2D eigenvalue weighted by molar-refractivity contribution is 7.08. The summed E-state index contributed by atoms with van der Waals surface area (Å²) in [4.78, 5) is 12.9. The van der Waals surface area contributed by atoms with Crippen molar-refractivity contribution in [2.75, 3.05) is 7.11 Å². The van der Waals surface area contributed by atoms with Crippen LogP contribution in [0.5, 0.6) is 5.75 Å². The summed E-state index contributed by atoms with van der Waals surface area (Å²) in [6.07, 6.45) is 2.12. The molecular formula is C14H16N2O2S. The molecule has 0 radical (unpaired) electrons. The molecule has 1 aromatic heterocycles. The van der Waals surface area contributed by atoms with Crippen molar-refractivity contribution in [2.45, 2.75) is 26.2 Å². The Morgan fingerprint density at radius 2 is 2.26 bits per heavy atom. The molecule has 0 bridgehead atoms. The van der Waals surface area contributed by atoms with Crippen LogP contribution in [0.2, 0.25) is 0 Å². The highest BCUT2D eigenvalue weighted by Crippen LogP contribution is 2.18. The number of benzene rings is 1. The summed E-state index contributed by atoms with van der Waals surface area (Å²) in [5.74, 6) is 0.841. The lowest BCUT2D eigenvalue weighted by Gasteiger charge is -2.03. The first-order valence-electron chi connectivity index (χ1n) is 6.22. The van der Waals surface area contributed by atoms with Crippen LogP contribution < -0.4 is 4.74 Å². The van der Waals surface area contributed by atoms with E-state index in [9.17, 15) is 4.79 Å². The van der Waals surface area contributed by atoms with Crippen LogP contribution in [0.25, 0.3) is 0 Å². The Morgan fingerprint density at radius 3 is 3.00 bits per heavy atom. The van der Waals surface area contributed by atoms with Crippen LogP contribution in [0.4, 0.5) is 0 Å². The molecule has 0 unspecified atom stereocenters. The molecule has 2 aromatic rings. The van der Waals surface area contributed by atoms with Gasteiger partial charge in [0, 0.05) is 6.42 Å². The molecule has 0 aliphatic heterocycles. The average Bonchev–Trinajstić information content (AvgIpc) is 2.88. The van der Waals surface area contributed by atoms with E-state index in [4.69, 9.17) is 4.74 Å². The van der Waals surface area contributed by atoms with Crippen LogP contribution in [0, 0.1) is 0 Å². The molecule has 0 saturated heterocycles. The third-order valence-electron chi connectivity index (χ3n) is 2.79. The van der Waals surface area contributed by atoms with E-state index in [0.29, 0.717) is 11.3 Å². The van der Waals surface area contributed by atoms with Gasteiger partial charge in [0.15, 0.2) is 5.78 Å². The minimum absolute atomic E-state index is 0.0757. The van der Waals surface area contributed by atoms with Gasteiger partial charge >= 0.3 is 0 Å². The minimum Gasteiger partial charge on any atom is -0.497 e. The highest BCUT2D eigenvalue weighted by atomic mass is 32.1. The summed E-state index contributed by atoms with van der Waals surface area (Å²) >= 11 is 1.18. The van der Waals surface area contributed by atoms with Gasteiger partial charge in [-0.3, -0.25) is 4.79 Å². The molecule has 0 aliphatic rings. The number of ether oxygens (including phenoxy) is 1. The summed E-state index contributed by atoms with van der Waals surface area (Å²) in [6.45, 7) is 2.07. The highest BCUT2D eigenvalue weighted by Gasteiger charge is 2.16. The summed E-state index contributed by atoms with van der Waals surface area (Å²) < 4.78 is 9.04. The van der Waals surface area contributed by atoms with Crippen molar-refractivity contribution in [2.24, 2.45) is 0 Å². The van der Waals surface area contributed by atoms with Crippen LogP contribution in [0.3, 0.4) is 0 Å². The van der Waals surface area contributed by atoms with Gasteiger partial charge in [0.1, 0.15) is 10.6 Å². The maximum absolute atomic E-state index is 12.3. The van der Waals surface area contributed by atoms with E-state index in [1.807, 2.05) is 24.3 Å². The predicted octanol–water partition coefficient (Wildman–Crippen LogP) is 2.92. The van der Waals surface area contributed by atoms with E-state index < -0.39 is 0 Å². The first-order chi connectivity index (χ1) is 9.24. The largest absolute Gasteiger partial charge is 0.497 e. The Hall–Kier alpha value is -1.75. The fourth-order valence-electron chi connectivity index (χ4n) is 1.87. The molecule has 1 aromatic carbocycles. The number of aryl methyl sites for hydroxylation is 1. The number of ketones is 1. The molecule has 19 heavy (non-hydrogen) atoms. The van der Waals surface area contributed by atoms with Gasteiger partial charge in [0.25, 0.3) is 0 Å². The normalized spacial score (nSPS) is 10.4. The second kappa shape index (κ2) is 6.43. The van der Waals surface area contributed by atoms with Crippen molar-refractivity contribution in [3.05, 3.63) is 40.4 Å². The molecule has 0 atom stereocenters. The Labute approximate surface area is 116 Å². The molecule has 1 heterocycles. The molecule has 0 fully saturated rings. The number of rotatable bonds is 6. The number of aromatic nitrogens is 2. The third-order valence-corrected chi connectivity index (χ3v) is 3.60. The molecule has 2 rings (SSSR count). The third kappa shape index (κ3) is 3.38. The quantitative estimate of drug-likeness (QED) is 0.761. The van der Waals surface area contributed by atoms with Gasteiger partial charge in [-0.05, 0) is 35.6 Å². The van der Waals surface area contributed by atoms with Gasteiger partial charge in [-0.2, -0.15) is 0 Å². The van der Waals surface area contributed by atoms with Crippen molar-refractivity contribution in [1.82, 2.24) is 9.59 Å². The lowest BCUT2D eigenvalue weighted by molar-refractivity contribution is 0.0995. The van der Waals surface area contributed by atoms with Crippen LogP contribution in [0.15, 0.2) is 24.3 Å². The minimum atomic E-state index is 0.0757. The van der Waals surface area contributed by atoms with E-state index in [1.54, 1.807) is 7.11 Å². The number of methoxy groups -OCH3 is 1. The van der Waals surface area contributed by atoms with Crippen LogP contribution in [-0.4, -0.2) is 22.5 Å². The maximum Gasteiger partial charge on any atom is 0.180 e. The average molecular weight is 276 g/mol. The molecule has 0 amide bonds. The van der Waals surface area contributed by atoms with Gasteiger partial charge in [-0.25, -0.2) is 0 Å². The summed E-state index contributed by atoms with van der Waals surface area (Å²) in [6, 6.07) is 7.56. The maximum atomic E-state index is 12.3. The fraction of sp³-hybridized carbons (Fsp3) is 0.357. The monoisotopic (exact) mass is 276 g/mol. The van der Waals surface area contributed by atoms with E-state index >= 15 is 0 Å². The molecule has 0 N–H and O–H groups in total. The Bertz CT molecular complexity index is 566. The summed E-state index contributed by atoms with van der Waals surface area (Å²) in [5, 5.41) is 4.03. The van der Waals surface area contributed by atoms with Gasteiger partial charge < -0.3 is 4.74 Å². The predicted molar refractivity (Wildman–Crippen MR) is 74.9 cm³/mol. The lowest BCUT2D eigenvalue weighted by Crippen LogP contribution is -2.05. The number of hydrogen-bond acceptors (Lipinski definition) is 5. The fourth-order valence-corrected chi connectivity index (χ4v) is 2.51. The van der Waals surface area contributed by atoms with Crippen LogP contribution >= 0.6 is 11.5 Å². The molecule has 4 nitrogen and oxygen atoms in total. The van der Waals surface area contributed by atoms with E-state index in [0.717, 1.165) is 29.8 Å². The Balaban J connectivity index is 2.13. The molecule has 0 saturated carbocycles. The van der Waals surface area contributed by atoms with Gasteiger partial charge in [-0.15, -0.1) is 5.10 Å². The van der Waals surface area contributed by atoms with Crippen molar-refractivity contribution in [1.29, 1.82) is 0 Å². The van der Waals surface area contributed by atoms with E-state index in [-0.39, 0.29) is 5.78 Å². The number of nitrogens with zero attached hydrogens (tertiary/aromatic N) is 2. The SMILES string of the molecule is CCCc1nnsc1C(=O)Cc1cccc(OC)c1. The number of carbonyl (C=O) groups is 1. The standard InChI is InChI=1S/C14H16N2O2S/c1-3-5-12-14(19-16-15-12)13(17)9-10-6-4-7-11(8-10)18-2/h4,6-8H,3,5,9H2,1-2H3. The zero-order valence-electron chi connectivity index (χ0n) is 11.0. The first kappa shape index (κ1) is 13.7. The molecule has 0 spiro atoms. The second-order valence-electron chi connectivity index (χ2n) is 4.25. The van der Waals surface area contributed by atoms with Gasteiger partial charge in [0.2, 0.25) is 0 Å². The number of hydrogen-bond donors (Lipinski definition) is 0. The van der Waals surface area contributed by atoms with Crippen molar-refractivity contribution in [3.63, 3.8) is 0 Å². The zero-order valence-corrected chi connectivity index (χ0v) is 11.9. The van der Waals surface area contributed by atoms with Crippen molar-refractivity contribution in [3.8, 4) is 5.75 Å². The molecule has 0 aliphatic carbocycles. The molecule has 100 valence electrons. The number of carbonyl (C=O) groups excluding carboxylic acids is 1. The smallest absolute Gasteiger partial charge is 0.180 e. The van der Waals surface area contributed by atoms with Gasteiger partial charge in [0.05, 0.1) is 12.8 Å². The van der Waals surface area contributed by atoms with Crippen LogP contribution in [-0.2, 0) is 12.8 Å². The van der Waals surface area contributed by atoms with Crippen LogP contribution in [0.1, 0.15) is 34.3 Å². The number of Topliss-reactive ketones (excluding diaryl/α,β-unsaturated/α-hetero) is 1. The summed E-state index contributed by atoms with van der Waals surface area (Å²) in [7, 11) is 1.62. The van der Waals surface area contributed by atoms with Gasteiger partial charge in [-0.1, -0.05) is 30.0 Å². The topological polar surface area (TPSA) is 52.1 Å². The van der Waals surface area contributed by atoms with E-state index in [1.165, 1.54) is 11.5 Å². The molecular weight excluding hydrogens is 260 g/mol. The first-order valence-corrected chi connectivity index (χ1v) is 6.99. The Kier molecular flexibility index (Phi) is 4.63. The lowest BCUT2D eigenvalue weighted by atomic mass is 10.1. The van der Waals surface area contributed by atoms with E-state index in [2.05, 4.69) is 16.5 Å². The zero-order chi connectivity index (χ0) is 13.7. The Morgan fingerprint density at radius 1 is 1.42 bits per heavy atom. The second-order valence-corrected chi connectivity index (χ2v) is 5.00. The molecule has 5 heteroatoms. The van der Waals surface area contributed by atoms with Crippen molar-refractivity contribution < 1.29 is 9.53 Å². The summed E-state index contributed by atoms with van der Waals surface area (Å²) in [5.41, 5.74) is 1.76. The van der Waals surface area contributed by atoms with Crippen molar-refractivity contribution >= 4 is 17.3 Å².